The lowest BCUT2D eigenvalue weighted by Crippen LogP contribution is -2.27. The van der Waals surface area contributed by atoms with E-state index in [-0.39, 0.29) is 0 Å². The Kier molecular flexibility index (Phi) is 5.71. The average molecular weight is 313 g/mol. The summed E-state index contributed by atoms with van der Waals surface area (Å²) in [5, 5.41) is 6.09. The van der Waals surface area contributed by atoms with E-state index in [1.165, 1.54) is 5.56 Å². The van der Waals surface area contributed by atoms with Gasteiger partial charge in [0.1, 0.15) is 5.60 Å². The normalized spacial score (nSPS) is 11.1. The van der Waals surface area contributed by atoms with Crippen molar-refractivity contribution in [3.63, 3.8) is 0 Å². The summed E-state index contributed by atoms with van der Waals surface area (Å²) in [6, 6.07) is 11.7. The number of amides is 1. The smallest absolute Gasteiger partial charge is 0.412 e. The molecule has 0 bridgehead atoms. The van der Waals surface area contributed by atoms with Gasteiger partial charge in [-0.1, -0.05) is 12.1 Å². The highest BCUT2D eigenvalue weighted by Crippen LogP contribution is 2.13. The van der Waals surface area contributed by atoms with Crippen LogP contribution in [0.1, 0.15) is 31.9 Å². The number of aromatic nitrogens is 1. The SMILES string of the molecule is CC(C)(C)OC(=O)Nc1ccc(CNCc2ccncc2)cc1. The molecule has 1 aromatic carbocycles. The van der Waals surface area contributed by atoms with Crippen molar-refractivity contribution in [3.05, 3.63) is 59.9 Å². The molecule has 0 aliphatic carbocycles. The largest absolute Gasteiger partial charge is 0.444 e. The molecular weight excluding hydrogens is 290 g/mol. The van der Waals surface area contributed by atoms with E-state index in [9.17, 15) is 4.79 Å². The number of carbonyl (C=O) groups excluding carboxylic acids is 1. The Morgan fingerprint density at radius 2 is 1.57 bits per heavy atom. The van der Waals surface area contributed by atoms with Crippen LogP contribution in [0.4, 0.5) is 10.5 Å². The average Bonchev–Trinajstić information content (AvgIpc) is 2.48. The second-order valence-electron chi connectivity index (χ2n) is 6.28. The molecular formula is C18H23N3O2. The standard InChI is InChI=1S/C18H23N3O2/c1-18(2,3)23-17(22)21-16-6-4-14(5-7-16)12-20-13-15-8-10-19-11-9-15/h4-11,20H,12-13H2,1-3H3,(H,21,22). The molecule has 0 unspecified atom stereocenters. The van der Waals surface area contributed by atoms with Gasteiger partial charge in [-0.25, -0.2) is 4.79 Å². The molecule has 5 heteroatoms. The van der Waals surface area contributed by atoms with Crippen molar-refractivity contribution < 1.29 is 9.53 Å². The minimum absolute atomic E-state index is 0.443. The highest BCUT2D eigenvalue weighted by atomic mass is 16.6. The second-order valence-corrected chi connectivity index (χ2v) is 6.28. The first-order valence-electron chi connectivity index (χ1n) is 7.61. The Balaban J connectivity index is 1.79. The zero-order chi connectivity index (χ0) is 16.7. The number of anilines is 1. The fourth-order valence-electron chi connectivity index (χ4n) is 1.98. The first-order valence-corrected chi connectivity index (χ1v) is 7.61. The molecule has 23 heavy (non-hydrogen) atoms. The lowest BCUT2D eigenvalue weighted by Gasteiger charge is -2.19. The summed E-state index contributed by atoms with van der Waals surface area (Å²) in [6.45, 7) is 7.06. The molecule has 122 valence electrons. The summed E-state index contributed by atoms with van der Waals surface area (Å²) in [4.78, 5) is 15.7. The minimum Gasteiger partial charge on any atom is -0.444 e. The van der Waals surface area contributed by atoms with Crippen LogP contribution < -0.4 is 10.6 Å². The molecule has 0 saturated carbocycles. The Bertz CT molecular complexity index is 619. The van der Waals surface area contributed by atoms with Gasteiger partial charge >= 0.3 is 6.09 Å². The summed E-state index contributed by atoms with van der Waals surface area (Å²) < 4.78 is 5.22. The molecule has 1 aromatic heterocycles. The monoisotopic (exact) mass is 313 g/mol. The summed E-state index contributed by atoms with van der Waals surface area (Å²) >= 11 is 0. The van der Waals surface area contributed by atoms with Gasteiger partial charge in [0.05, 0.1) is 0 Å². The van der Waals surface area contributed by atoms with Gasteiger partial charge in [-0.15, -0.1) is 0 Å². The van der Waals surface area contributed by atoms with E-state index in [1.807, 2.05) is 57.2 Å². The number of rotatable bonds is 5. The quantitative estimate of drug-likeness (QED) is 0.883. The van der Waals surface area contributed by atoms with Gasteiger partial charge in [-0.05, 0) is 56.2 Å². The van der Waals surface area contributed by atoms with Gasteiger partial charge in [0, 0.05) is 31.2 Å². The molecule has 2 aromatic rings. The van der Waals surface area contributed by atoms with Crippen molar-refractivity contribution in [3.8, 4) is 0 Å². The molecule has 2 rings (SSSR count). The summed E-state index contributed by atoms with van der Waals surface area (Å²) in [5.74, 6) is 0. The van der Waals surface area contributed by atoms with Crippen molar-refractivity contribution in [1.82, 2.24) is 10.3 Å². The molecule has 0 atom stereocenters. The Labute approximate surface area is 137 Å². The summed E-state index contributed by atoms with van der Waals surface area (Å²) in [5.41, 5.74) is 2.56. The Morgan fingerprint density at radius 1 is 1.00 bits per heavy atom. The Morgan fingerprint density at radius 3 is 2.13 bits per heavy atom. The molecule has 0 saturated heterocycles. The van der Waals surface area contributed by atoms with Crippen LogP contribution in [-0.4, -0.2) is 16.7 Å². The third kappa shape index (κ3) is 6.48. The first-order chi connectivity index (χ1) is 10.9. The molecule has 5 nitrogen and oxygen atoms in total. The molecule has 0 radical (unpaired) electrons. The number of pyridine rings is 1. The molecule has 2 N–H and O–H groups in total. The number of carbonyl (C=O) groups is 1. The summed E-state index contributed by atoms with van der Waals surface area (Å²) in [6.07, 6.45) is 3.13. The molecule has 0 aliphatic heterocycles. The van der Waals surface area contributed by atoms with E-state index in [0.717, 1.165) is 24.3 Å². The number of hydrogen-bond donors (Lipinski definition) is 2. The zero-order valence-electron chi connectivity index (χ0n) is 13.8. The molecule has 1 amide bonds. The van der Waals surface area contributed by atoms with Crippen molar-refractivity contribution in [2.24, 2.45) is 0 Å². The van der Waals surface area contributed by atoms with Crippen LogP contribution in [0.3, 0.4) is 0 Å². The maximum absolute atomic E-state index is 11.7. The van der Waals surface area contributed by atoms with Gasteiger partial charge in [-0.3, -0.25) is 10.3 Å². The number of benzene rings is 1. The van der Waals surface area contributed by atoms with Gasteiger partial charge in [0.2, 0.25) is 0 Å². The van der Waals surface area contributed by atoms with Crippen LogP contribution >= 0.6 is 0 Å². The van der Waals surface area contributed by atoms with Gasteiger partial charge in [0.25, 0.3) is 0 Å². The Hall–Kier alpha value is -2.40. The van der Waals surface area contributed by atoms with Crippen LogP contribution in [0.25, 0.3) is 0 Å². The lowest BCUT2D eigenvalue weighted by atomic mass is 10.2. The van der Waals surface area contributed by atoms with Crippen molar-refractivity contribution in [2.75, 3.05) is 5.32 Å². The second kappa shape index (κ2) is 7.74. The molecule has 0 spiro atoms. The van der Waals surface area contributed by atoms with E-state index in [4.69, 9.17) is 4.74 Å². The van der Waals surface area contributed by atoms with Crippen molar-refractivity contribution in [1.29, 1.82) is 0 Å². The van der Waals surface area contributed by atoms with E-state index in [0.29, 0.717) is 0 Å². The topological polar surface area (TPSA) is 63.2 Å². The third-order valence-electron chi connectivity index (χ3n) is 3.01. The predicted octanol–water partition coefficient (Wildman–Crippen LogP) is 3.72. The van der Waals surface area contributed by atoms with Crippen molar-refractivity contribution >= 4 is 11.8 Å². The highest BCUT2D eigenvalue weighted by molar-refractivity contribution is 5.84. The predicted molar refractivity (Wildman–Crippen MR) is 91.1 cm³/mol. The fourth-order valence-corrected chi connectivity index (χ4v) is 1.98. The van der Waals surface area contributed by atoms with Crippen LogP contribution in [0.2, 0.25) is 0 Å². The molecule has 1 heterocycles. The van der Waals surface area contributed by atoms with Gasteiger partial charge in [-0.2, -0.15) is 0 Å². The van der Waals surface area contributed by atoms with Crippen LogP contribution in [-0.2, 0) is 17.8 Å². The lowest BCUT2D eigenvalue weighted by molar-refractivity contribution is 0.0636. The number of nitrogens with one attached hydrogen (secondary N) is 2. The maximum atomic E-state index is 11.7. The highest BCUT2D eigenvalue weighted by Gasteiger charge is 2.15. The van der Waals surface area contributed by atoms with Crippen LogP contribution in [0.15, 0.2) is 48.8 Å². The zero-order valence-corrected chi connectivity index (χ0v) is 13.8. The van der Waals surface area contributed by atoms with Crippen molar-refractivity contribution in [2.45, 2.75) is 39.5 Å². The van der Waals surface area contributed by atoms with E-state index in [1.54, 1.807) is 12.4 Å². The number of hydrogen-bond acceptors (Lipinski definition) is 4. The van der Waals surface area contributed by atoms with E-state index in [2.05, 4.69) is 15.6 Å². The molecule has 0 aliphatic rings. The fraction of sp³-hybridized carbons (Fsp3) is 0.333. The first kappa shape index (κ1) is 17.0. The number of nitrogens with zero attached hydrogens (tertiary/aromatic N) is 1. The van der Waals surface area contributed by atoms with E-state index >= 15 is 0 Å². The van der Waals surface area contributed by atoms with E-state index < -0.39 is 11.7 Å². The van der Waals surface area contributed by atoms with Gasteiger partial charge in [0.15, 0.2) is 0 Å². The maximum Gasteiger partial charge on any atom is 0.412 e. The third-order valence-corrected chi connectivity index (χ3v) is 3.01. The number of ether oxygens (including phenoxy) is 1. The molecule has 0 fully saturated rings. The van der Waals surface area contributed by atoms with Crippen LogP contribution in [0, 0.1) is 0 Å². The van der Waals surface area contributed by atoms with Crippen LogP contribution in [0.5, 0.6) is 0 Å². The minimum atomic E-state index is -0.499. The summed E-state index contributed by atoms with van der Waals surface area (Å²) in [7, 11) is 0. The van der Waals surface area contributed by atoms with Gasteiger partial charge < -0.3 is 10.1 Å².